The van der Waals surface area contributed by atoms with Gasteiger partial charge in [0.1, 0.15) is 16.3 Å². The third-order valence-corrected chi connectivity index (χ3v) is 4.33. The van der Waals surface area contributed by atoms with Crippen molar-refractivity contribution in [2.24, 2.45) is 5.18 Å². The third kappa shape index (κ3) is 3.65. The molecule has 0 saturated carbocycles. The van der Waals surface area contributed by atoms with Gasteiger partial charge in [0.05, 0.1) is 7.11 Å². The van der Waals surface area contributed by atoms with Crippen LogP contribution in [0.3, 0.4) is 0 Å². The van der Waals surface area contributed by atoms with E-state index in [1.165, 1.54) is 18.2 Å². The molecule has 0 unspecified atom stereocenters. The smallest absolute Gasteiger partial charge is 0.243 e. The Balaban J connectivity index is 2.15. The van der Waals surface area contributed by atoms with Crippen molar-refractivity contribution in [1.29, 1.82) is 0 Å². The predicted octanol–water partition coefficient (Wildman–Crippen LogP) is 2.57. The second-order valence-corrected chi connectivity index (χ2v) is 5.97. The monoisotopic (exact) mass is 306 g/mol. The standard InChI is InChI=1S/C14H14N2O4S/c1-20-12-8-6-11(7-9-12)10-15-21(18,19)14-5-3-2-4-13(14)16-17/h2-9,15H,10H2,1H3. The summed E-state index contributed by atoms with van der Waals surface area (Å²) in [6, 6.07) is 12.8. The van der Waals surface area contributed by atoms with Crippen LogP contribution in [0, 0.1) is 4.91 Å². The van der Waals surface area contributed by atoms with Crippen LogP contribution in [-0.2, 0) is 16.6 Å². The van der Waals surface area contributed by atoms with Gasteiger partial charge in [-0.05, 0) is 35.0 Å². The summed E-state index contributed by atoms with van der Waals surface area (Å²) in [5, 5.41) is 2.73. The number of ether oxygens (including phenoxy) is 1. The number of rotatable bonds is 6. The van der Waals surface area contributed by atoms with Gasteiger partial charge in [-0.25, -0.2) is 13.1 Å². The zero-order valence-corrected chi connectivity index (χ0v) is 12.1. The molecular formula is C14H14N2O4S. The quantitative estimate of drug-likeness (QED) is 0.831. The van der Waals surface area contributed by atoms with Crippen LogP contribution in [0.1, 0.15) is 5.56 Å². The molecule has 21 heavy (non-hydrogen) atoms. The fraction of sp³-hybridized carbons (Fsp3) is 0.143. The van der Waals surface area contributed by atoms with Crippen molar-refractivity contribution in [2.45, 2.75) is 11.4 Å². The largest absolute Gasteiger partial charge is 0.497 e. The second-order valence-electron chi connectivity index (χ2n) is 4.23. The fourth-order valence-electron chi connectivity index (χ4n) is 1.76. The number of nitrogens with one attached hydrogen (secondary N) is 1. The first kappa shape index (κ1) is 15.1. The van der Waals surface area contributed by atoms with E-state index in [-0.39, 0.29) is 17.1 Å². The number of methoxy groups -OCH3 is 1. The molecule has 0 saturated heterocycles. The Bertz CT molecular complexity index is 727. The van der Waals surface area contributed by atoms with E-state index < -0.39 is 10.0 Å². The zero-order valence-electron chi connectivity index (χ0n) is 11.3. The molecule has 110 valence electrons. The van der Waals surface area contributed by atoms with Gasteiger partial charge in [0.25, 0.3) is 0 Å². The van der Waals surface area contributed by atoms with E-state index in [4.69, 9.17) is 4.74 Å². The van der Waals surface area contributed by atoms with Crippen molar-refractivity contribution in [3.05, 3.63) is 59.0 Å². The van der Waals surface area contributed by atoms with E-state index in [2.05, 4.69) is 9.90 Å². The Kier molecular flexibility index (Phi) is 4.66. The fourth-order valence-corrected chi connectivity index (χ4v) is 2.91. The SMILES string of the molecule is COc1ccc(CNS(=O)(=O)c2ccccc2N=O)cc1. The van der Waals surface area contributed by atoms with Crippen molar-refractivity contribution in [2.75, 3.05) is 7.11 Å². The van der Waals surface area contributed by atoms with Crippen molar-refractivity contribution >= 4 is 15.7 Å². The van der Waals surface area contributed by atoms with Crippen molar-refractivity contribution in [3.63, 3.8) is 0 Å². The minimum atomic E-state index is -3.79. The molecule has 0 spiro atoms. The topological polar surface area (TPSA) is 84.8 Å². The first-order valence-electron chi connectivity index (χ1n) is 6.12. The highest BCUT2D eigenvalue weighted by atomic mass is 32.2. The number of benzene rings is 2. The molecule has 0 radical (unpaired) electrons. The van der Waals surface area contributed by atoms with Gasteiger partial charge in [-0.2, -0.15) is 0 Å². The molecule has 0 bridgehead atoms. The normalized spacial score (nSPS) is 11.1. The Morgan fingerprint density at radius 2 is 1.76 bits per heavy atom. The van der Waals surface area contributed by atoms with Gasteiger partial charge >= 0.3 is 0 Å². The first-order valence-corrected chi connectivity index (χ1v) is 7.60. The van der Waals surface area contributed by atoms with Gasteiger partial charge in [0.2, 0.25) is 10.0 Å². The van der Waals surface area contributed by atoms with Crippen molar-refractivity contribution in [1.82, 2.24) is 4.72 Å². The number of hydrogen-bond donors (Lipinski definition) is 1. The molecule has 0 heterocycles. The van der Waals surface area contributed by atoms with Gasteiger partial charge in [-0.15, -0.1) is 4.91 Å². The Labute approximate surface area is 122 Å². The molecule has 2 aromatic carbocycles. The predicted molar refractivity (Wildman–Crippen MR) is 78.9 cm³/mol. The summed E-state index contributed by atoms with van der Waals surface area (Å²) < 4.78 is 31.8. The Morgan fingerprint density at radius 3 is 2.38 bits per heavy atom. The minimum Gasteiger partial charge on any atom is -0.497 e. The molecule has 0 aromatic heterocycles. The van der Waals surface area contributed by atoms with Gasteiger partial charge in [-0.1, -0.05) is 24.3 Å². The van der Waals surface area contributed by atoms with E-state index in [1.54, 1.807) is 37.4 Å². The average molecular weight is 306 g/mol. The molecule has 2 aromatic rings. The summed E-state index contributed by atoms with van der Waals surface area (Å²) in [7, 11) is -2.24. The molecule has 2 rings (SSSR count). The zero-order chi connectivity index (χ0) is 15.3. The van der Waals surface area contributed by atoms with Crippen LogP contribution in [0.25, 0.3) is 0 Å². The molecule has 1 N–H and O–H groups in total. The lowest BCUT2D eigenvalue weighted by Crippen LogP contribution is -2.23. The highest BCUT2D eigenvalue weighted by molar-refractivity contribution is 7.89. The second kappa shape index (κ2) is 6.47. The number of sulfonamides is 1. The molecule has 0 amide bonds. The van der Waals surface area contributed by atoms with E-state index >= 15 is 0 Å². The van der Waals surface area contributed by atoms with Gasteiger partial charge in [-0.3, -0.25) is 0 Å². The lowest BCUT2D eigenvalue weighted by atomic mass is 10.2. The number of hydrogen-bond acceptors (Lipinski definition) is 5. The van der Waals surface area contributed by atoms with Crippen LogP contribution in [-0.4, -0.2) is 15.5 Å². The molecule has 0 aliphatic carbocycles. The third-order valence-electron chi connectivity index (χ3n) is 2.88. The first-order chi connectivity index (χ1) is 10.1. The number of nitrogens with zero attached hydrogens (tertiary/aromatic N) is 1. The average Bonchev–Trinajstić information content (AvgIpc) is 2.53. The summed E-state index contributed by atoms with van der Waals surface area (Å²) >= 11 is 0. The molecule has 0 fully saturated rings. The van der Waals surface area contributed by atoms with E-state index in [0.717, 1.165) is 5.56 Å². The maximum absolute atomic E-state index is 12.2. The van der Waals surface area contributed by atoms with Crippen LogP contribution in [0.15, 0.2) is 58.6 Å². The highest BCUT2D eigenvalue weighted by Crippen LogP contribution is 2.23. The summed E-state index contributed by atoms with van der Waals surface area (Å²) in [6.45, 7) is 0.111. The minimum absolute atomic E-state index is 0.111. The molecule has 6 nitrogen and oxygen atoms in total. The summed E-state index contributed by atoms with van der Waals surface area (Å²) in [6.07, 6.45) is 0. The van der Waals surface area contributed by atoms with Gasteiger partial charge in [0, 0.05) is 6.54 Å². The highest BCUT2D eigenvalue weighted by Gasteiger charge is 2.18. The van der Waals surface area contributed by atoms with Crippen LogP contribution < -0.4 is 9.46 Å². The lowest BCUT2D eigenvalue weighted by molar-refractivity contribution is 0.414. The maximum Gasteiger partial charge on any atom is 0.243 e. The Hall–Kier alpha value is -2.25. The van der Waals surface area contributed by atoms with Gasteiger partial charge < -0.3 is 4.74 Å². The van der Waals surface area contributed by atoms with E-state index in [9.17, 15) is 13.3 Å². The molecule has 0 aliphatic rings. The van der Waals surface area contributed by atoms with Crippen molar-refractivity contribution in [3.8, 4) is 5.75 Å². The van der Waals surface area contributed by atoms with Crippen LogP contribution >= 0.6 is 0 Å². The summed E-state index contributed by atoms with van der Waals surface area (Å²) in [5.41, 5.74) is 0.663. The van der Waals surface area contributed by atoms with E-state index in [1.807, 2.05) is 0 Å². The van der Waals surface area contributed by atoms with Crippen LogP contribution in [0.5, 0.6) is 5.75 Å². The van der Waals surface area contributed by atoms with Crippen molar-refractivity contribution < 1.29 is 13.2 Å². The maximum atomic E-state index is 12.2. The summed E-state index contributed by atoms with van der Waals surface area (Å²) in [5.74, 6) is 0.692. The molecule has 7 heteroatoms. The van der Waals surface area contributed by atoms with Crippen LogP contribution in [0.2, 0.25) is 0 Å². The van der Waals surface area contributed by atoms with Crippen LogP contribution in [0.4, 0.5) is 5.69 Å². The van der Waals surface area contributed by atoms with E-state index in [0.29, 0.717) is 5.75 Å². The summed E-state index contributed by atoms with van der Waals surface area (Å²) in [4.78, 5) is 10.5. The van der Waals surface area contributed by atoms with Gasteiger partial charge in [0.15, 0.2) is 0 Å². The molecule has 0 atom stereocenters. The molecule has 0 aliphatic heterocycles. The number of nitroso groups, excluding NO2 is 1. The Morgan fingerprint density at radius 1 is 1.10 bits per heavy atom. The molecular weight excluding hydrogens is 292 g/mol. The lowest BCUT2D eigenvalue weighted by Gasteiger charge is -2.08.